The van der Waals surface area contributed by atoms with Crippen molar-refractivity contribution in [3.8, 4) is 0 Å². The third-order valence-corrected chi connectivity index (χ3v) is 18.9. The molecule has 14 unspecified atom stereocenters. The van der Waals surface area contributed by atoms with Crippen LogP contribution >= 0.6 is 23.5 Å². The van der Waals surface area contributed by atoms with E-state index in [0.717, 1.165) is 23.5 Å². The van der Waals surface area contributed by atoms with Crippen molar-refractivity contribution >= 4 is 35.5 Å². The standard InChI is InChI=1S/C49H81NO37S2/c1-11(41(70)71)7-88-9-18-39-25(61)32(68)48(79-18)84-37-16(5-54)75-45(28(64)21(37)57)83-36-15(4-53)78-47(31(67)24(36)60)87-40-19(10-89-8-12(50)42(72)73)80-49(33(69)26(40)62)85-38-17(6-55)76-44(29(65)22(38)58)81-34-13(2-51)74-43(27(63)20(34)56)82-35-14(3-52)77-46(86-39)30(66)23(35)59/h11-40,43-49,51-69H,2-10,50H2,1H3,(H,70,71)(H,72,73)/t11-,12-,13?,14?,15?,16?,17?,18?,19?,20?,21-,22?,23-,24?,25-,26?,27+,28?,29+,30?,31+,32?,33+,34-,35-,36-,37-,38-,39-,40-,43-,44-,45+,46-,47+,48-,49+/m1/s1. The molecule has 21 rings (SSSR count). The van der Waals surface area contributed by atoms with Crippen LogP contribution in [0.5, 0.6) is 0 Å². The maximum atomic E-state index is 11.7. The van der Waals surface area contributed by atoms with Gasteiger partial charge < -0.3 is 179 Å². The predicted molar refractivity (Wildman–Crippen MR) is 281 cm³/mol. The Balaban J connectivity index is 1.11. The van der Waals surface area contributed by atoms with E-state index in [9.17, 15) is 117 Å². The summed E-state index contributed by atoms with van der Waals surface area (Å²) in [6.45, 7) is -4.01. The van der Waals surface area contributed by atoms with Crippen molar-refractivity contribution in [1.82, 2.24) is 0 Å². The Labute approximate surface area is 512 Å². The Morgan fingerprint density at radius 2 is 0.506 bits per heavy atom. The largest absolute Gasteiger partial charge is 0.481 e. The topological polar surface area (TPSA) is 614 Å². The number of nitrogens with two attached hydrogens (primary N) is 1. The number of hydrogen-bond acceptors (Lipinski definition) is 38. The summed E-state index contributed by atoms with van der Waals surface area (Å²) < 4.78 is 81.8. The molecule has 0 amide bonds. The highest BCUT2D eigenvalue weighted by molar-refractivity contribution is 7.99. The van der Waals surface area contributed by atoms with E-state index in [1.165, 1.54) is 6.92 Å². The van der Waals surface area contributed by atoms with Gasteiger partial charge in [0.2, 0.25) is 0 Å². The van der Waals surface area contributed by atoms with Crippen molar-refractivity contribution in [1.29, 1.82) is 0 Å². The summed E-state index contributed by atoms with van der Waals surface area (Å²) in [5, 5.41) is 233. The minimum absolute atomic E-state index is 0.0967. The molecule has 21 aliphatic rings. The fraction of sp³-hybridized carbons (Fsp3) is 0.959. The lowest BCUT2D eigenvalue weighted by Crippen LogP contribution is -2.68. The summed E-state index contributed by atoms with van der Waals surface area (Å²) in [5.74, 6) is -4.70. The lowest BCUT2D eigenvalue weighted by molar-refractivity contribution is -0.395. The van der Waals surface area contributed by atoms with Gasteiger partial charge in [-0.15, -0.1) is 0 Å². The van der Waals surface area contributed by atoms with E-state index in [1.54, 1.807) is 0 Å². The molecule has 0 aromatic rings. The van der Waals surface area contributed by atoms with E-state index in [0.29, 0.717) is 0 Å². The SMILES string of the molecule is C[C@H](CSCC1O[C@@H]2O[C@@H]3C(CO)O[C@@H](O[C@@H]4C(CO)O[C@@H](O[C@@H]5C(CSC[C@@H](N)C(=O)O)O[C@@H](O[C@@H]6C(CO)O[C@H](O[C@@H]7C(CO)O[C@H](O[C@@H]8C(CO)O[C@H](O[C@H]1[C@H](O)C2O)C(O)[C@H]8O)[C@@H](O)C7O)[C@@H](O)C6O)[C@@H](O)C5O)[C@@H](O)C4O)C(O)[C@H]3O)C(=O)O. The molecule has 37 atom stereocenters. The van der Waals surface area contributed by atoms with Crippen LogP contribution in [0, 0.1) is 5.92 Å². The first-order chi connectivity index (χ1) is 42.2. The van der Waals surface area contributed by atoms with Gasteiger partial charge in [0.1, 0.15) is 165 Å². The molecular formula is C49H81NO37S2. The summed E-state index contributed by atoms with van der Waals surface area (Å²) in [6.07, 6.45) is -70.9. The van der Waals surface area contributed by atoms with Gasteiger partial charge in [-0.3, -0.25) is 9.59 Å². The van der Waals surface area contributed by atoms with E-state index in [4.69, 9.17) is 72.0 Å². The second-order valence-corrected chi connectivity index (χ2v) is 24.7. The van der Waals surface area contributed by atoms with Gasteiger partial charge in [0.05, 0.1) is 51.2 Å². The van der Waals surface area contributed by atoms with Crippen molar-refractivity contribution in [2.45, 2.75) is 228 Å². The molecule has 21 fully saturated rings. The van der Waals surface area contributed by atoms with Crippen molar-refractivity contribution in [2.75, 3.05) is 56.0 Å². The number of aliphatic carboxylic acids is 2. The number of carboxylic acid groups (broad SMARTS) is 2. The molecule has 0 radical (unpaired) electrons. The van der Waals surface area contributed by atoms with Crippen LogP contribution in [0.4, 0.5) is 0 Å². The Hall–Kier alpha value is -1.72. The van der Waals surface area contributed by atoms with E-state index < -0.39 is 272 Å². The van der Waals surface area contributed by atoms with Crippen molar-refractivity contribution in [3.63, 3.8) is 0 Å². The number of rotatable bonds is 15. The van der Waals surface area contributed by atoms with Crippen LogP contribution in [-0.4, -0.2) is 396 Å². The summed E-state index contributed by atoms with van der Waals surface area (Å²) in [4.78, 5) is 23.3. The molecule has 0 aromatic heterocycles. The van der Waals surface area contributed by atoms with Gasteiger partial charge in [-0.1, -0.05) is 6.92 Å². The molecule has 89 heavy (non-hydrogen) atoms. The monoisotopic (exact) mass is 1340 g/mol. The van der Waals surface area contributed by atoms with E-state index in [-0.39, 0.29) is 23.0 Å². The van der Waals surface area contributed by atoms with Crippen molar-refractivity contribution in [2.24, 2.45) is 11.7 Å². The molecule has 21 aliphatic heterocycles. The molecule has 40 heteroatoms. The Kier molecular flexibility index (Phi) is 26.2. The first kappa shape index (κ1) is 73.1. The molecule has 38 nitrogen and oxygen atoms in total. The molecule has 0 aliphatic carbocycles. The number of aliphatic hydroxyl groups excluding tert-OH is 19. The number of ether oxygens (including phenoxy) is 14. The van der Waals surface area contributed by atoms with Crippen LogP contribution < -0.4 is 5.73 Å². The average molecular weight is 1340 g/mol. The molecule has 14 bridgehead atoms. The maximum Gasteiger partial charge on any atom is 0.321 e. The fourth-order valence-corrected chi connectivity index (χ4v) is 13.4. The zero-order valence-electron chi connectivity index (χ0n) is 47.0. The highest BCUT2D eigenvalue weighted by atomic mass is 32.2. The Morgan fingerprint density at radius 1 is 0.315 bits per heavy atom. The zero-order chi connectivity index (χ0) is 65.2. The minimum atomic E-state index is -2.25. The van der Waals surface area contributed by atoms with E-state index in [1.807, 2.05) is 0 Å². The molecule has 0 spiro atoms. The third-order valence-electron chi connectivity index (χ3n) is 16.4. The Bertz CT molecular complexity index is 2190. The number of aliphatic hydroxyl groups is 19. The molecular weight excluding hydrogens is 1260 g/mol. The number of thioether (sulfide) groups is 2. The van der Waals surface area contributed by atoms with Gasteiger partial charge in [-0.2, -0.15) is 23.5 Å². The second-order valence-electron chi connectivity index (χ2n) is 22.5. The molecule has 0 saturated carbocycles. The molecule has 516 valence electrons. The maximum absolute atomic E-state index is 11.7. The van der Waals surface area contributed by atoms with Crippen LogP contribution in [0.15, 0.2) is 0 Å². The summed E-state index contributed by atoms with van der Waals surface area (Å²) in [5.41, 5.74) is 5.70. The van der Waals surface area contributed by atoms with Gasteiger partial charge in [-0.25, -0.2) is 0 Å². The van der Waals surface area contributed by atoms with Gasteiger partial charge in [0.25, 0.3) is 0 Å². The van der Waals surface area contributed by atoms with Crippen LogP contribution in [0.25, 0.3) is 0 Å². The smallest absolute Gasteiger partial charge is 0.321 e. The van der Waals surface area contributed by atoms with Gasteiger partial charge in [0, 0.05) is 23.0 Å². The lowest BCUT2D eigenvalue weighted by Gasteiger charge is -2.50. The third kappa shape index (κ3) is 15.9. The first-order valence-corrected chi connectivity index (χ1v) is 30.6. The van der Waals surface area contributed by atoms with Crippen LogP contribution in [0.2, 0.25) is 0 Å². The number of carboxylic acids is 2. The van der Waals surface area contributed by atoms with E-state index in [2.05, 4.69) is 0 Å². The summed E-state index contributed by atoms with van der Waals surface area (Å²) in [6, 6.07) is -1.46. The van der Waals surface area contributed by atoms with Crippen LogP contribution in [0.1, 0.15) is 6.92 Å². The molecule has 21 saturated heterocycles. The van der Waals surface area contributed by atoms with Crippen molar-refractivity contribution < 1.29 is 183 Å². The minimum Gasteiger partial charge on any atom is -0.481 e. The molecule has 21 heterocycles. The number of carbonyl (C=O) groups is 2. The highest BCUT2D eigenvalue weighted by Gasteiger charge is 2.60. The normalized spacial score (nSPS) is 50.1. The Morgan fingerprint density at radius 3 is 0.697 bits per heavy atom. The first-order valence-electron chi connectivity index (χ1n) is 28.3. The van der Waals surface area contributed by atoms with Gasteiger partial charge in [-0.05, 0) is 0 Å². The average Bonchev–Trinajstić information content (AvgIpc) is 0.983. The van der Waals surface area contributed by atoms with Crippen LogP contribution in [0.3, 0.4) is 0 Å². The summed E-state index contributed by atoms with van der Waals surface area (Å²) >= 11 is 1.72. The second kappa shape index (κ2) is 31.9. The molecule has 0 aromatic carbocycles. The predicted octanol–water partition coefficient (Wildman–Crippen LogP) is -13.6. The summed E-state index contributed by atoms with van der Waals surface area (Å²) in [7, 11) is 0. The highest BCUT2D eigenvalue weighted by Crippen LogP contribution is 2.40. The van der Waals surface area contributed by atoms with Gasteiger partial charge >= 0.3 is 11.9 Å². The van der Waals surface area contributed by atoms with Crippen molar-refractivity contribution in [3.05, 3.63) is 0 Å². The zero-order valence-corrected chi connectivity index (χ0v) is 48.7. The lowest BCUT2D eigenvalue weighted by atomic mass is 9.95. The fourth-order valence-electron chi connectivity index (χ4n) is 11.2. The van der Waals surface area contributed by atoms with E-state index >= 15 is 0 Å². The molecule has 23 N–H and O–H groups in total. The quantitative estimate of drug-likeness (QED) is 0.0724. The number of hydrogen-bond donors (Lipinski definition) is 22. The van der Waals surface area contributed by atoms with Gasteiger partial charge in [0.15, 0.2) is 44.0 Å². The van der Waals surface area contributed by atoms with Crippen LogP contribution in [-0.2, 0) is 75.9 Å².